The molecule has 1 aromatic rings. The molecular formula is C13H18N2O3S. The minimum absolute atomic E-state index is 0.139. The van der Waals surface area contributed by atoms with Gasteiger partial charge >= 0.3 is 0 Å². The lowest BCUT2D eigenvalue weighted by molar-refractivity contribution is -0.127. The summed E-state index contributed by atoms with van der Waals surface area (Å²) in [7, 11) is -3.78. The molecule has 19 heavy (non-hydrogen) atoms. The molecule has 1 aliphatic rings. The molecule has 1 fully saturated rings. The first kappa shape index (κ1) is 14.0. The third-order valence-electron chi connectivity index (χ3n) is 3.30. The lowest BCUT2D eigenvalue weighted by Gasteiger charge is -2.22. The minimum atomic E-state index is -3.78. The van der Waals surface area contributed by atoms with Crippen molar-refractivity contribution in [3.8, 4) is 0 Å². The van der Waals surface area contributed by atoms with Crippen LogP contribution in [0.4, 0.5) is 0 Å². The van der Waals surface area contributed by atoms with E-state index in [1.165, 1.54) is 12.1 Å². The number of hydrogen-bond acceptors (Lipinski definition) is 4. The highest BCUT2D eigenvalue weighted by Crippen LogP contribution is 2.21. The Morgan fingerprint density at radius 1 is 1.21 bits per heavy atom. The molecule has 0 aliphatic carbocycles. The summed E-state index contributed by atoms with van der Waals surface area (Å²) in [6, 6.07) is 5.76. The Morgan fingerprint density at radius 3 is 2.47 bits per heavy atom. The Bertz CT molecular complexity index is 566. The van der Waals surface area contributed by atoms with E-state index in [-0.39, 0.29) is 11.4 Å². The zero-order chi connectivity index (χ0) is 14.0. The van der Waals surface area contributed by atoms with Gasteiger partial charge in [0.05, 0.1) is 10.9 Å². The molecule has 0 aromatic heterocycles. The third-order valence-corrected chi connectivity index (χ3v) is 5.11. The van der Waals surface area contributed by atoms with Gasteiger partial charge in [-0.3, -0.25) is 4.79 Å². The number of sulfonamides is 1. The Morgan fingerprint density at radius 2 is 1.84 bits per heavy atom. The first-order valence-corrected chi connectivity index (χ1v) is 7.76. The van der Waals surface area contributed by atoms with Crippen LogP contribution in [0.3, 0.4) is 0 Å². The van der Waals surface area contributed by atoms with Crippen LogP contribution >= 0.6 is 0 Å². The highest BCUT2D eigenvalue weighted by Gasteiger charge is 2.33. The van der Waals surface area contributed by atoms with Gasteiger partial charge in [-0.05, 0) is 38.3 Å². The van der Waals surface area contributed by atoms with Crippen LogP contribution in [0.5, 0.6) is 0 Å². The second kappa shape index (κ2) is 5.30. The van der Waals surface area contributed by atoms with Crippen molar-refractivity contribution >= 4 is 15.9 Å². The summed E-state index contributed by atoms with van der Waals surface area (Å²) >= 11 is 0. The smallest absolute Gasteiger partial charge is 0.266 e. The predicted octanol–water partition coefficient (Wildman–Crippen LogP) is 1.02. The molecule has 0 spiro atoms. The number of amides is 1. The Hall–Kier alpha value is -1.40. The number of benzene rings is 1. The quantitative estimate of drug-likeness (QED) is 0.878. The zero-order valence-electron chi connectivity index (χ0n) is 10.9. The average molecular weight is 282 g/mol. The molecule has 1 saturated heterocycles. The highest BCUT2D eigenvalue weighted by molar-refractivity contribution is 7.89. The molecule has 0 saturated carbocycles. The molecule has 0 unspecified atom stereocenters. The summed E-state index contributed by atoms with van der Waals surface area (Å²) in [5, 5.41) is 0. The van der Waals surface area contributed by atoms with Crippen molar-refractivity contribution in [2.24, 2.45) is 5.73 Å². The van der Waals surface area contributed by atoms with E-state index in [1.807, 2.05) is 6.92 Å². The summed E-state index contributed by atoms with van der Waals surface area (Å²) in [5.41, 5.74) is 6.68. The first-order chi connectivity index (χ1) is 8.93. The SMILES string of the molecule is Cc1ccc(S(=O)(=O)N2CCCC[C@H](N)C2=O)cc1. The van der Waals surface area contributed by atoms with Gasteiger partial charge in [0, 0.05) is 6.54 Å². The van der Waals surface area contributed by atoms with E-state index in [2.05, 4.69) is 0 Å². The van der Waals surface area contributed by atoms with E-state index >= 15 is 0 Å². The highest BCUT2D eigenvalue weighted by atomic mass is 32.2. The largest absolute Gasteiger partial charge is 0.320 e. The van der Waals surface area contributed by atoms with E-state index in [1.54, 1.807) is 12.1 Å². The summed E-state index contributed by atoms with van der Waals surface area (Å²) < 4.78 is 25.8. The molecule has 1 amide bonds. The summed E-state index contributed by atoms with van der Waals surface area (Å²) in [4.78, 5) is 12.2. The standard InChI is InChI=1S/C13H18N2O3S/c1-10-5-7-11(8-6-10)19(17,18)15-9-3-2-4-12(14)13(15)16/h5-8,12H,2-4,9,14H2,1H3/t12-/m0/s1. The second-order valence-electron chi connectivity index (χ2n) is 4.83. The number of nitrogens with two attached hydrogens (primary N) is 1. The fraction of sp³-hybridized carbons (Fsp3) is 0.462. The van der Waals surface area contributed by atoms with Crippen LogP contribution in [0, 0.1) is 6.92 Å². The van der Waals surface area contributed by atoms with Gasteiger partial charge in [-0.25, -0.2) is 12.7 Å². The van der Waals surface area contributed by atoms with Crippen LogP contribution in [0.15, 0.2) is 29.2 Å². The van der Waals surface area contributed by atoms with Gasteiger partial charge in [0.1, 0.15) is 0 Å². The molecule has 104 valence electrons. The molecule has 6 heteroatoms. The van der Waals surface area contributed by atoms with Crippen LogP contribution in [0.1, 0.15) is 24.8 Å². The van der Waals surface area contributed by atoms with E-state index < -0.39 is 22.0 Å². The normalized spacial score (nSPS) is 21.3. The maximum absolute atomic E-state index is 12.5. The van der Waals surface area contributed by atoms with Crippen molar-refractivity contribution in [3.05, 3.63) is 29.8 Å². The fourth-order valence-corrected chi connectivity index (χ4v) is 3.59. The van der Waals surface area contributed by atoms with Gasteiger partial charge in [0.15, 0.2) is 0 Å². The van der Waals surface area contributed by atoms with Crippen LogP contribution in [-0.4, -0.2) is 31.2 Å². The molecule has 1 aliphatic heterocycles. The fourth-order valence-electron chi connectivity index (χ4n) is 2.11. The molecule has 5 nitrogen and oxygen atoms in total. The number of nitrogens with zero attached hydrogens (tertiary/aromatic N) is 1. The van der Waals surface area contributed by atoms with Crippen molar-refractivity contribution in [2.75, 3.05) is 6.54 Å². The van der Waals surface area contributed by atoms with Gasteiger partial charge < -0.3 is 5.73 Å². The molecule has 0 bridgehead atoms. The van der Waals surface area contributed by atoms with Crippen LogP contribution in [-0.2, 0) is 14.8 Å². The lowest BCUT2D eigenvalue weighted by Crippen LogP contribution is -2.45. The zero-order valence-corrected chi connectivity index (χ0v) is 11.7. The maximum Gasteiger partial charge on any atom is 0.266 e. The van der Waals surface area contributed by atoms with Gasteiger partial charge in [0.25, 0.3) is 15.9 Å². The van der Waals surface area contributed by atoms with Crippen molar-refractivity contribution in [1.29, 1.82) is 0 Å². The molecule has 1 heterocycles. The van der Waals surface area contributed by atoms with Gasteiger partial charge in [-0.1, -0.05) is 17.7 Å². The van der Waals surface area contributed by atoms with E-state index in [0.29, 0.717) is 12.8 Å². The third kappa shape index (κ3) is 2.79. The minimum Gasteiger partial charge on any atom is -0.320 e. The number of rotatable bonds is 2. The number of carbonyl (C=O) groups is 1. The van der Waals surface area contributed by atoms with Crippen molar-refractivity contribution in [3.63, 3.8) is 0 Å². The molecule has 2 rings (SSSR count). The van der Waals surface area contributed by atoms with Gasteiger partial charge in [-0.15, -0.1) is 0 Å². The van der Waals surface area contributed by atoms with Crippen LogP contribution < -0.4 is 5.73 Å². The van der Waals surface area contributed by atoms with Crippen molar-refractivity contribution in [1.82, 2.24) is 4.31 Å². The Labute approximate surface area is 113 Å². The van der Waals surface area contributed by atoms with E-state index in [4.69, 9.17) is 5.73 Å². The number of carbonyl (C=O) groups excluding carboxylic acids is 1. The predicted molar refractivity (Wildman–Crippen MR) is 71.9 cm³/mol. The van der Waals surface area contributed by atoms with Crippen molar-refractivity contribution in [2.45, 2.75) is 37.1 Å². The lowest BCUT2D eigenvalue weighted by atomic mass is 10.1. The second-order valence-corrected chi connectivity index (χ2v) is 6.69. The first-order valence-electron chi connectivity index (χ1n) is 6.32. The molecule has 0 radical (unpaired) electrons. The summed E-state index contributed by atoms with van der Waals surface area (Å²) in [5.74, 6) is -0.502. The van der Waals surface area contributed by atoms with Crippen LogP contribution in [0.2, 0.25) is 0 Å². The summed E-state index contributed by atoms with van der Waals surface area (Å²) in [6.07, 6.45) is 1.97. The molecular weight excluding hydrogens is 264 g/mol. The Balaban J connectivity index is 2.37. The Kier molecular flexibility index (Phi) is 3.91. The number of aryl methyl sites for hydroxylation is 1. The number of hydrogen-bond donors (Lipinski definition) is 1. The molecule has 2 N–H and O–H groups in total. The molecule has 1 atom stereocenters. The maximum atomic E-state index is 12.5. The van der Waals surface area contributed by atoms with E-state index in [9.17, 15) is 13.2 Å². The molecule has 1 aromatic carbocycles. The van der Waals surface area contributed by atoms with E-state index in [0.717, 1.165) is 16.3 Å². The average Bonchev–Trinajstić information content (AvgIpc) is 2.53. The summed E-state index contributed by atoms with van der Waals surface area (Å²) in [6.45, 7) is 2.09. The topological polar surface area (TPSA) is 80.5 Å². The monoisotopic (exact) mass is 282 g/mol. The van der Waals surface area contributed by atoms with Gasteiger partial charge in [0.2, 0.25) is 0 Å². The van der Waals surface area contributed by atoms with Crippen molar-refractivity contribution < 1.29 is 13.2 Å². The van der Waals surface area contributed by atoms with Crippen LogP contribution in [0.25, 0.3) is 0 Å². The van der Waals surface area contributed by atoms with Gasteiger partial charge in [-0.2, -0.15) is 0 Å².